The van der Waals surface area contributed by atoms with Crippen molar-refractivity contribution in [3.8, 4) is 0 Å². The molecule has 23 heavy (non-hydrogen) atoms. The van der Waals surface area contributed by atoms with Crippen molar-refractivity contribution in [3.63, 3.8) is 0 Å². The first-order chi connectivity index (χ1) is 11.1. The quantitative estimate of drug-likeness (QED) is 0.758. The molecular weight excluding hydrogens is 290 g/mol. The van der Waals surface area contributed by atoms with Crippen molar-refractivity contribution in [2.75, 3.05) is 5.32 Å². The van der Waals surface area contributed by atoms with Crippen molar-refractivity contribution in [2.24, 2.45) is 7.05 Å². The molecular formula is C17H21N5O. The summed E-state index contributed by atoms with van der Waals surface area (Å²) in [4.78, 5) is 8.54. The van der Waals surface area contributed by atoms with Gasteiger partial charge in [0.25, 0.3) is 0 Å². The Morgan fingerprint density at radius 1 is 1.13 bits per heavy atom. The monoisotopic (exact) mass is 311 g/mol. The van der Waals surface area contributed by atoms with E-state index in [0.717, 1.165) is 16.9 Å². The van der Waals surface area contributed by atoms with Crippen LogP contribution in [-0.2, 0) is 24.9 Å². The first-order valence-electron chi connectivity index (χ1n) is 7.69. The van der Waals surface area contributed by atoms with Crippen LogP contribution in [0.2, 0.25) is 0 Å². The van der Waals surface area contributed by atoms with E-state index in [4.69, 9.17) is 4.74 Å². The van der Waals surface area contributed by atoms with Gasteiger partial charge in [0.2, 0.25) is 0 Å². The first kappa shape index (κ1) is 15.4. The number of aryl methyl sites for hydroxylation is 1. The van der Waals surface area contributed by atoms with Crippen LogP contribution in [0.15, 0.2) is 36.8 Å². The highest BCUT2D eigenvalue weighted by Crippen LogP contribution is 2.18. The molecule has 1 N–H and O–H groups in total. The third-order valence-electron chi connectivity index (χ3n) is 3.60. The zero-order valence-corrected chi connectivity index (χ0v) is 13.7. The number of nitrogens with one attached hydrogen (secondary N) is 1. The third kappa shape index (κ3) is 3.65. The van der Waals surface area contributed by atoms with E-state index in [1.807, 2.05) is 20.9 Å². The molecule has 0 unspecified atom stereocenters. The Morgan fingerprint density at radius 3 is 2.61 bits per heavy atom. The number of anilines is 1. The van der Waals surface area contributed by atoms with Gasteiger partial charge in [-0.05, 0) is 25.0 Å². The average Bonchev–Trinajstić information content (AvgIpc) is 2.94. The lowest BCUT2D eigenvalue weighted by Crippen LogP contribution is -2.04. The lowest BCUT2D eigenvalue weighted by Gasteiger charge is -2.09. The number of benzene rings is 1. The van der Waals surface area contributed by atoms with E-state index in [1.165, 1.54) is 11.1 Å². The molecule has 0 spiro atoms. The molecule has 6 nitrogen and oxygen atoms in total. The van der Waals surface area contributed by atoms with Gasteiger partial charge in [-0.1, -0.05) is 24.3 Å². The molecule has 2 heterocycles. The van der Waals surface area contributed by atoms with E-state index >= 15 is 0 Å². The van der Waals surface area contributed by atoms with Crippen LogP contribution in [0.25, 0.3) is 11.0 Å². The number of hydrogen-bond acceptors (Lipinski definition) is 5. The van der Waals surface area contributed by atoms with Gasteiger partial charge in [-0.3, -0.25) is 4.68 Å². The molecule has 0 saturated carbocycles. The van der Waals surface area contributed by atoms with Crippen LogP contribution in [0.1, 0.15) is 25.0 Å². The molecule has 0 saturated heterocycles. The van der Waals surface area contributed by atoms with Crippen molar-refractivity contribution in [1.29, 1.82) is 0 Å². The summed E-state index contributed by atoms with van der Waals surface area (Å²) >= 11 is 0. The van der Waals surface area contributed by atoms with E-state index < -0.39 is 0 Å². The minimum atomic E-state index is 0.246. The third-order valence-corrected chi connectivity index (χ3v) is 3.60. The minimum Gasteiger partial charge on any atom is -0.374 e. The molecule has 0 aliphatic carbocycles. The predicted octanol–water partition coefficient (Wildman–Crippen LogP) is 2.90. The Balaban J connectivity index is 1.65. The van der Waals surface area contributed by atoms with Gasteiger partial charge >= 0.3 is 0 Å². The summed E-state index contributed by atoms with van der Waals surface area (Å²) < 4.78 is 7.35. The smallest absolute Gasteiger partial charge is 0.163 e. The summed E-state index contributed by atoms with van der Waals surface area (Å²) in [6.45, 7) is 5.43. The van der Waals surface area contributed by atoms with Crippen LogP contribution in [0.3, 0.4) is 0 Å². The van der Waals surface area contributed by atoms with E-state index in [9.17, 15) is 0 Å². The molecule has 6 heteroatoms. The van der Waals surface area contributed by atoms with E-state index in [2.05, 4.69) is 44.6 Å². The van der Waals surface area contributed by atoms with Crippen molar-refractivity contribution < 1.29 is 4.74 Å². The second kappa shape index (κ2) is 6.75. The zero-order valence-electron chi connectivity index (χ0n) is 13.7. The van der Waals surface area contributed by atoms with Crippen LogP contribution >= 0.6 is 0 Å². The Hall–Kier alpha value is -2.47. The Labute approximate surface area is 135 Å². The number of nitrogens with zero attached hydrogens (tertiary/aromatic N) is 4. The molecule has 120 valence electrons. The van der Waals surface area contributed by atoms with E-state index in [0.29, 0.717) is 13.2 Å². The Bertz CT molecular complexity index is 779. The fourth-order valence-corrected chi connectivity index (χ4v) is 2.30. The molecule has 0 atom stereocenters. The maximum Gasteiger partial charge on any atom is 0.163 e. The van der Waals surface area contributed by atoms with Crippen LogP contribution < -0.4 is 5.32 Å². The topological polar surface area (TPSA) is 64.9 Å². The fraction of sp³-hybridized carbons (Fsp3) is 0.353. The molecule has 0 aliphatic heterocycles. The molecule has 0 aliphatic rings. The maximum atomic E-state index is 5.61. The van der Waals surface area contributed by atoms with Crippen LogP contribution in [0.4, 0.5) is 5.82 Å². The fourth-order valence-electron chi connectivity index (χ4n) is 2.30. The van der Waals surface area contributed by atoms with Gasteiger partial charge in [0, 0.05) is 13.6 Å². The largest absolute Gasteiger partial charge is 0.374 e. The summed E-state index contributed by atoms with van der Waals surface area (Å²) in [5, 5.41) is 8.50. The second-order valence-electron chi connectivity index (χ2n) is 5.76. The molecule has 0 fully saturated rings. The van der Waals surface area contributed by atoms with Crippen molar-refractivity contribution in [2.45, 2.75) is 33.1 Å². The highest BCUT2D eigenvalue weighted by atomic mass is 16.5. The molecule has 2 aromatic heterocycles. The van der Waals surface area contributed by atoms with Crippen LogP contribution in [0, 0.1) is 0 Å². The Morgan fingerprint density at radius 2 is 1.87 bits per heavy atom. The van der Waals surface area contributed by atoms with Gasteiger partial charge in [0.15, 0.2) is 5.65 Å². The predicted molar refractivity (Wildman–Crippen MR) is 90.0 cm³/mol. The zero-order chi connectivity index (χ0) is 16.2. The van der Waals surface area contributed by atoms with Gasteiger partial charge in [-0.25, -0.2) is 9.97 Å². The van der Waals surface area contributed by atoms with E-state index in [-0.39, 0.29) is 6.10 Å². The Kier molecular flexibility index (Phi) is 4.52. The molecule has 0 radical (unpaired) electrons. The van der Waals surface area contributed by atoms with Gasteiger partial charge in [-0.2, -0.15) is 5.10 Å². The van der Waals surface area contributed by atoms with Gasteiger partial charge < -0.3 is 10.1 Å². The van der Waals surface area contributed by atoms with Gasteiger partial charge in [-0.15, -0.1) is 0 Å². The van der Waals surface area contributed by atoms with Gasteiger partial charge in [0.05, 0.1) is 24.3 Å². The normalized spacial score (nSPS) is 11.3. The lowest BCUT2D eigenvalue weighted by atomic mass is 10.1. The van der Waals surface area contributed by atoms with Gasteiger partial charge in [0.1, 0.15) is 12.1 Å². The first-order valence-corrected chi connectivity index (χ1v) is 7.69. The number of rotatable bonds is 6. The summed E-state index contributed by atoms with van der Waals surface area (Å²) in [6.07, 6.45) is 3.58. The number of fused-ring (bicyclic) bond motifs is 1. The molecule has 0 amide bonds. The van der Waals surface area contributed by atoms with Crippen molar-refractivity contribution >= 4 is 16.9 Å². The summed E-state index contributed by atoms with van der Waals surface area (Å²) in [6, 6.07) is 8.40. The summed E-state index contributed by atoms with van der Waals surface area (Å²) in [7, 11) is 1.87. The highest BCUT2D eigenvalue weighted by molar-refractivity contribution is 5.85. The molecule has 3 rings (SSSR count). The van der Waals surface area contributed by atoms with Crippen LogP contribution in [0.5, 0.6) is 0 Å². The number of ether oxygens (including phenoxy) is 1. The standard InChI is InChI=1S/C17H21N5O/c1-12(2)23-10-14-6-4-13(5-7-14)8-18-16-15-9-21-22(3)17(15)20-11-19-16/h4-7,9,11-12H,8,10H2,1-3H3,(H,18,19,20). The van der Waals surface area contributed by atoms with E-state index in [1.54, 1.807) is 17.2 Å². The van der Waals surface area contributed by atoms with Crippen molar-refractivity contribution in [3.05, 3.63) is 47.9 Å². The number of aromatic nitrogens is 4. The molecule has 0 bridgehead atoms. The molecule has 1 aromatic carbocycles. The minimum absolute atomic E-state index is 0.246. The number of hydrogen-bond donors (Lipinski definition) is 1. The van der Waals surface area contributed by atoms with Crippen molar-refractivity contribution in [1.82, 2.24) is 19.7 Å². The lowest BCUT2D eigenvalue weighted by molar-refractivity contribution is 0.0657. The summed E-state index contributed by atoms with van der Waals surface area (Å²) in [5.74, 6) is 0.801. The molecule has 3 aromatic rings. The average molecular weight is 311 g/mol. The van der Waals surface area contributed by atoms with Crippen LogP contribution in [-0.4, -0.2) is 25.9 Å². The second-order valence-corrected chi connectivity index (χ2v) is 5.76. The summed E-state index contributed by atoms with van der Waals surface area (Å²) in [5.41, 5.74) is 3.19. The SMILES string of the molecule is CC(C)OCc1ccc(CNc2ncnc3c2cnn3C)cc1. The maximum absolute atomic E-state index is 5.61. The highest BCUT2D eigenvalue weighted by Gasteiger charge is 2.07.